The van der Waals surface area contributed by atoms with Crippen LogP contribution in [0.1, 0.15) is 17.4 Å². The summed E-state index contributed by atoms with van der Waals surface area (Å²) in [6.07, 6.45) is 2.28. The van der Waals surface area contributed by atoms with Crippen molar-refractivity contribution in [3.8, 4) is 5.88 Å². The van der Waals surface area contributed by atoms with Crippen molar-refractivity contribution < 1.29 is 9.53 Å². The second-order valence-corrected chi connectivity index (χ2v) is 3.61. The third-order valence-electron chi connectivity index (χ3n) is 2.23. The van der Waals surface area contributed by atoms with Gasteiger partial charge in [0.2, 0.25) is 5.88 Å². The van der Waals surface area contributed by atoms with E-state index >= 15 is 0 Å². The Labute approximate surface area is 112 Å². The van der Waals surface area contributed by atoms with E-state index in [4.69, 9.17) is 4.74 Å². The van der Waals surface area contributed by atoms with Crippen LogP contribution < -0.4 is 21.3 Å². The molecule has 2 aromatic heterocycles. The highest BCUT2D eigenvalue weighted by molar-refractivity contribution is 6.02. The van der Waals surface area contributed by atoms with Gasteiger partial charge >= 0.3 is 5.69 Å². The van der Waals surface area contributed by atoms with Gasteiger partial charge in [0.25, 0.3) is 11.5 Å². The molecule has 0 aliphatic rings. The van der Waals surface area contributed by atoms with E-state index in [0.29, 0.717) is 6.61 Å². The Morgan fingerprint density at radius 1 is 1.40 bits per heavy atom. The number of H-pyrrole nitrogens is 2. The zero-order valence-corrected chi connectivity index (χ0v) is 10.5. The van der Waals surface area contributed by atoms with Crippen molar-refractivity contribution in [1.82, 2.24) is 19.9 Å². The molecule has 0 saturated carbocycles. The van der Waals surface area contributed by atoms with Gasteiger partial charge in [0.15, 0.2) is 0 Å². The van der Waals surface area contributed by atoms with Crippen molar-refractivity contribution >= 4 is 11.6 Å². The minimum Gasteiger partial charge on any atom is -0.478 e. The van der Waals surface area contributed by atoms with Crippen LogP contribution in [0, 0.1) is 0 Å². The number of nitrogens with zero attached hydrogens (tertiary/aromatic N) is 2. The van der Waals surface area contributed by atoms with Crippen molar-refractivity contribution in [3.63, 3.8) is 0 Å². The summed E-state index contributed by atoms with van der Waals surface area (Å²) in [6.45, 7) is 2.18. The normalized spacial score (nSPS) is 10.1. The maximum atomic E-state index is 11.9. The standard InChI is InChI=1S/C11H11N5O4/c1-2-20-8-3-6(13-5-14-8)9(17)15-7-4-12-11(19)16-10(7)18/h3-5H,2H2,1H3,(H,15,17)(H2,12,16,18,19). The van der Waals surface area contributed by atoms with Gasteiger partial charge < -0.3 is 15.0 Å². The van der Waals surface area contributed by atoms with E-state index in [1.165, 1.54) is 12.4 Å². The Hall–Kier alpha value is -2.97. The van der Waals surface area contributed by atoms with Crippen LogP contribution in [-0.2, 0) is 0 Å². The van der Waals surface area contributed by atoms with Crippen molar-refractivity contribution in [1.29, 1.82) is 0 Å². The highest BCUT2D eigenvalue weighted by Gasteiger charge is 2.11. The smallest absolute Gasteiger partial charge is 0.325 e. The molecule has 0 radical (unpaired) electrons. The van der Waals surface area contributed by atoms with E-state index in [1.807, 2.05) is 4.98 Å². The summed E-state index contributed by atoms with van der Waals surface area (Å²) in [4.78, 5) is 46.0. The average Bonchev–Trinajstić information content (AvgIpc) is 2.42. The Morgan fingerprint density at radius 2 is 2.20 bits per heavy atom. The first kappa shape index (κ1) is 13.5. The molecular weight excluding hydrogens is 266 g/mol. The molecule has 9 heteroatoms. The summed E-state index contributed by atoms with van der Waals surface area (Å²) >= 11 is 0. The van der Waals surface area contributed by atoms with E-state index in [-0.39, 0.29) is 17.3 Å². The molecule has 0 aliphatic heterocycles. The predicted octanol–water partition coefficient (Wildman–Crippen LogP) is -0.496. The summed E-state index contributed by atoms with van der Waals surface area (Å²) in [5.74, 6) is -0.367. The molecule has 0 saturated heterocycles. The fourth-order valence-electron chi connectivity index (χ4n) is 1.38. The number of hydrogen-bond acceptors (Lipinski definition) is 6. The fraction of sp³-hybridized carbons (Fsp3) is 0.182. The summed E-state index contributed by atoms with van der Waals surface area (Å²) in [6, 6.07) is 1.35. The summed E-state index contributed by atoms with van der Waals surface area (Å²) in [5.41, 5.74) is -1.42. The van der Waals surface area contributed by atoms with Gasteiger partial charge in [-0.2, -0.15) is 0 Å². The molecule has 1 amide bonds. The second kappa shape index (κ2) is 5.78. The fourth-order valence-corrected chi connectivity index (χ4v) is 1.38. The van der Waals surface area contributed by atoms with E-state index < -0.39 is 17.2 Å². The van der Waals surface area contributed by atoms with E-state index in [1.54, 1.807) is 6.92 Å². The Kier molecular flexibility index (Phi) is 3.89. The van der Waals surface area contributed by atoms with Gasteiger partial charge in [0.05, 0.1) is 6.61 Å². The molecule has 2 aromatic rings. The predicted molar refractivity (Wildman–Crippen MR) is 68.8 cm³/mol. The first-order valence-corrected chi connectivity index (χ1v) is 5.68. The SMILES string of the molecule is CCOc1cc(C(=O)Nc2c[nH]c(=O)[nH]c2=O)ncn1. The van der Waals surface area contributed by atoms with Crippen LogP contribution in [0.25, 0.3) is 0 Å². The lowest BCUT2D eigenvalue weighted by Gasteiger charge is -2.05. The number of anilines is 1. The van der Waals surface area contributed by atoms with Crippen molar-refractivity contribution in [2.24, 2.45) is 0 Å². The zero-order valence-electron chi connectivity index (χ0n) is 10.5. The van der Waals surface area contributed by atoms with Gasteiger partial charge in [-0.3, -0.25) is 14.6 Å². The molecule has 0 spiro atoms. The number of aromatic amines is 2. The molecule has 20 heavy (non-hydrogen) atoms. The Bertz CT molecular complexity index is 736. The number of amides is 1. The molecule has 0 aliphatic carbocycles. The number of carbonyl (C=O) groups is 1. The van der Waals surface area contributed by atoms with Gasteiger partial charge in [0.1, 0.15) is 17.7 Å². The average molecular weight is 277 g/mol. The van der Waals surface area contributed by atoms with Crippen LogP contribution in [0.4, 0.5) is 5.69 Å². The maximum Gasteiger partial charge on any atom is 0.325 e. The van der Waals surface area contributed by atoms with Crippen molar-refractivity contribution in [3.05, 3.63) is 45.1 Å². The maximum absolute atomic E-state index is 11.9. The third-order valence-corrected chi connectivity index (χ3v) is 2.23. The molecule has 2 rings (SSSR count). The van der Waals surface area contributed by atoms with Crippen LogP contribution in [0.5, 0.6) is 5.88 Å². The number of ether oxygens (including phenoxy) is 1. The molecule has 2 heterocycles. The van der Waals surface area contributed by atoms with Crippen molar-refractivity contribution in [2.45, 2.75) is 6.92 Å². The van der Waals surface area contributed by atoms with Crippen LogP contribution in [0.15, 0.2) is 28.2 Å². The topological polar surface area (TPSA) is 130 Å². The lowest BCUT2D eigenvalue weighted by molar-refractivity contribution is 0.102. The molecule has 0 unspecified atom stereocenters. The molecule has 9 nitrogen and oxygen atoms in total. The number of nitrogens with one attached hydrogen (secondary N) is 3. The summed E-state index contributed by atoms with van der Waals surface area (Å²) < 4.78 is 5.14. The van der Waals surface area contributed by atoms with Gasteiger partial charge in [-0.05, 0) is 6.92 Å². The van der Waals surface area contributed by atoms with E-state index in [0.717, 1.165) is 6.20 Å². The largest absolute Gasteiger partial charge is 0.478 e. The lowest BCUT2D eigenvalue weighted by Crippen LogP contribution is -2.26. The van der Waals surface area contributed by atoms with E-state index in [2.05, 4.69) is 20.3 Å². The molecule has 0 bridgehead atoms. The van der Waals surface area contributed by atoms with Crippen LogP contribution >= 0.6 is 0 Å². The minimum absolute atomic E-state index is 0.0362. The summed E-state index contributed by atoms with van der Waals surface area (Å²) in [7, 11) is 0. The van der Waals surface area contributed by atoms with Crippen LogP contribution in [-0.4, -0.2) is 32.4 Å². The van der Waals surface area contributed by atoms with E-state index in [9.17, 15) is 14.4 Å². The van der Waals surface area contributed by atoms with Gasteiger partial charge in [-0.15, -0.1) is 0 Å². The van der Waals surface area contributed by atoms with Crippen molar-refractivity contribution in [2.75, 3.05) is 11.9 Å². The molecular formula is C11H11N5O4. The quantitative estimate of drug-likeness (QED) is 0.691. The highest BCUT2D eigenvalue weighted by atomic mass is 16.5. The van der Waals surface area contributed by atoms with Crippen LogP contribution in [0.2, 0.25) is 0 Å². The number of aromatic nitrogens is 4. The van der Waals surface area contributed by atoms with Gasteiger partial charge in [0, 0.05) is 12.3 Å². The second-order valence-electron chi connectivity index (χ2n) is 3.61. The Balaban J connectivity index is 2.21. The number of rotatable bonds is 4. The van der Waals surface area contributed by atoms with Gasteiger partial charge in [-0.1, -0.05) is 0 Å². The lowest BCUT2D eigenvalue weighted by atomic mass is 10.3. The van der Waals surface area contributed by atoms with Gasteiger partial charge in [-0.25, -0.2) is 14.8 Å². The first-order valence-electron chi connectivity index (χ1n) is 5.68. The number of carbonyl (C=O) groups excluding carboxylic acids is 1. The molecule has 0 fully saturated rings. The number of hydrogen-bond donors (Lipinski definition) is 3. The highest BCUT2D eigenvalue weighted by Crippen LogP contribution is 2.08. The summed E-state index contributed by atoms with van der Waals surface area (Å²) in [5, 5.41) is 2.32. The Morgan fingerprint density at radius 3 is 2.90 bits per heavy atom. The molecule has 0 atom stereocenters. The molecule has 0 aromatic carbocycles. The first-order chi connectivity index (χ1) is 9.60. The molecule has 104 valence electrons. The third kappa shape index (κ3) is 3.07. The molecule has 3 N–H and O–H groups in total. The zero-order chi connectivity index (χ0) is 14.5. The van der Waals surface area contributed by atoms with Crippen LogP contribution in [0.3, 0.4) is 0 Å². The monoisotopic (exact) mass is 277 g/mol. The minimum atomic E-state index is -0.707.